The Bertz CT molecular complexity index is 1150. The van der Waals surface area contributed by atoms with E-state index >= 15 is 0 Å². The predicted octanol–water partition coefficient (Wildman–Crippen LogP) is 2.68. The molecule has 1 fully saturated rings. The molecular formula is C21H22N6O2S. The van der Waals surface area contributed by atoms with Crippen LogP contribution >= 0.6 is 11.3 Å². The lowest BCUT2D eigenvalue weighted by molar-refractivity contribution is -0.152. The second-order valence-corrected chi connectivity index (χ2v) is 9.15. The van der Waals surface area contributed by atoms with Gasteiger partial charge in [0.05, 0.1) is 30.2 Å². The summed E-state index contributed by atoms with van der Waals surface area (Å²) in [4.78, 5) is 32.4. The number of aromatic nitrogens is 3. The molecule has 1 aromatic carbocycles. The highest BCUT2D eigenvalue weighted by molar-refractivity contribution is 7.18. The van der Waals surface area contributed by atoms with Crippen molar-refractivity contribution in [2.75, 3.05) is 18.4 Å². The number of nitrogens with zero attached hydrogens (tertiary/aromatic N) is 5. The van der Waals surface area contributed by atoms with Crippen molar-refractivity contribution in [3.05, 3.63) is 40.7 Å². The van der Waals surface area contributed by atoms with Crippen molar-refractivity contribution in [1.29, 1.82) is 0 Å². The fourth-order valence-electron chi connectivity index (χ4n) is 3.81. The Balaban J connectivity index is 1.25. The minimum atomic E-state index is -0.726. The zero-order valence-corrected chi connectivity index (χ0v) is 17.4. The van der Waals surface area contributed by atoms with Gasteiger partial charge in [-0.25, -0.2) is 15.0 Å². The van der Waals surface area contributed by atoms with E-state index in [1.54, 1.807) is 18.2 Å². The minimum Gasteiger partial charge on any atom is -0.386 e. The van der Waals surface area contributed by atoms with Gasteiger partial charge in [0.15, 0.2) is 5.82 Å². The summed E-state index contributed by atoms with van der Waals surface area (Å²) in [7, 11) is 0. The molecule has 1 amide bonds. The van der Waals surface area contributed by atoms with Gasteiger partial charge in [0.1, 0.15) is 16.7 Å². The molecule has 1 saturated heterocycles. The van der Waals surface area contributed by atoms with E-state index in [-0.39, 0.29) is 5.91 Å². The number of rotatable bonds is 6. The average Bonchev–Trinajstić information content (AvgIpc) is 3.32. The number of nitrogens with one attached hydrogen (secondary N) is 1. The van der Waals surface area contributed by atoms with Gasteiger partial charge >= 0.3 is 0 Å². The molecule has 154 valence electrons. The van der Waals surface area contributed by atoms with E-state index in [1.807, 2.05) is 12.3 Å². The number of thiazole rings is 1. The third-order valence-electron chi connectivity index (χ3n) is 5.34. The van der Waals surface area contributed by atoms with E-state index in [1.165, 1.54) is 16.9 Å². The van der Waals surface area contributed by atoms with Crippen molar-refractivity contribution in [3.8, 4) is 0 Å². The molecule has 2 aliphatic rings. The Kier molecular flexibility index (Phi) is 4.71. The van der Waals surface area contributed by atoms with Crippen molar-refractivity contribution in [3.63, 3.8) is 0 Å². The Labute approximate surface area is 177 Å². The number of anilines is 2. The molecule has 0 bridgehead atoms. The molecule has 2 N–H and O–H groups in total. The van der Waals surface area contributed by atoms with Crippen LogP contribution in [0.5, 0.6) is 0 Å². The molecule has 30 heavy (non-hydrogen) atoms. The van der Waals surface area contributed by atoms with Gasteiger partial charge < -0.3 is 15.3 Å². The maximum atomic E-state index is 12.2. The fraction of sp³-hybridized carbons (Fsp3) is 0.381. The van der Waals surface area contributed by atoms with Crippen LogP contribution in [0.1, 0.15) is 35.9 Å². The number of hydrogen-bond acceptors (Lipinski definition) is 8. The Morgan fingerprint density at radius 2 is 2.20 bits per heavy atom. The molecule has 0 saturated carbocycles. The van der Waals surface area contributed by atoms with Crippen LogP contribution in [0.15, 0.2) is 29.5 Å². The number of aryl methyl sites for hydroxylation is 1. The number of fused-ring (bicyclic) bond motifs is 2. The summed E-state index contributed by atoms with van der Waals surface area (Å²) in [5.74, 6) is 0.765. The third-order valence-corrected chi connectivity index (χ3v) is 6.36. The van der Waals surface area contributed by atoms with Gasteiger partial charge in [-0.2, -0.15) is 0 Å². The minimum absolute atomic E-state index is 0.0879. The first-order valence-electron chi connectivity index (χ1n) is 9.97. The second kappa shape index (κ2) is 7.41. The van der Waals surface area contributed by atoms with Gasteiger partial charge in [0.2, 0.25) is 5.91 Å². The highest BCUT2D eigenvalue weighted by Crippen LogP contribution is 2.29. The maximum Gasteiger partial charge on any atom is 0.222 e. The molecule has 3 aromatic rings. The predicted molar refractivity (Wildman–Crippen MR) is 116 cm³/mol. The fourth-order valence-corrected chi connectivity index (χ4v) is 4.76. The zero-order valence-electron chi connectivity index (χ0n) is 16.6. The van der Waals surface area contributed by atoms with E-state index in [0.29, 0.717) is 31.7 Å². The molecule has 4 heterocycles. The summed E-state index contributed by atoms with van der Waals surface area (Å²) in [5, 5.41) is 14.1. The molecule has 9 heteroatoms. The molecule has 5 rings (SSSR count). The first kappa shape index (κ1) is 19.1. The number of benzene rings is 1. The summed E-state index contributed by atoms with van der Waals surface area (Å²) in [6.45, 7) is 3.33. The summed E-state index contributed by atoms with van der Waals surface area (Å²) < 4.78 is 0. The molecule has 8 nitrogen and oxygen atoms in total. The van der Waals surface area contributed by atoms with Crippen LogP contribution in [0.4, 0.5) is 11.5 Å². The first-order chi connectivity index (χ1) is 14.5. The van der Waals surface area contributed by atoms with Gasteiger partial charge in [-0.15, -0.1) is 0 Å². The monoisotopic (exact) mass is 422 g/mol. The van der Waals surface area contributed by atoms with E-state index in [0.717, 1.165) is 39.6 Å². The van der Waals surface area contributed by atoms with Crippen LogP contribution in [-0.4, -0.2) is 55.8 Å². The lowest BCUT2D eigenvalue weighted by atomic mass is 9.96. The smallest absolute Gasteiger partial charge is 0.222 e. The third kappa shape index (κ3) is 3.78. The summed E-state index contributed by atoms with van der Waals surface area (Å²) in [6.07, 6.45) is 5.32. The molecule has 0 radical (unpaired) electrons. The number of aliphatic imine (C=N–C) groups is 1. The number of carbonyl (C=O) groups excluding carboxylic acids is 1. The van der Waals surface area contributed by atoms with Crippen LogP contribution in [0.3, 0.4) is 0 Å². The van der Waals surface area contributed by atoms with E-state index in [4.69, 9.17) is 4.98 Å². The van der Waals surface area contributed by atoms with E-state index < -0.39 is 5.60 Å². The van der Waals surface area contributed by atoms with Crippen molar-refractivity contribution >= 4 is 45.3 Å². The number of likely N-dealkylation sites (tertiary alicyclic amines) is 1. The number of amides is 1. The maximum absolute atomic E-state index is 12.2. The van der Waals surface area contributed by atoms with Crippen LogP contribution in [0, 0.1) is 0 Å². The largest absolute Gasteiger partial charge is 0.386 e. The van der Waals surface area contributed by atoms with Crippen LogP contribution < -0.4 is 5.32 Å². The standard InChI is InChI=1S/C21H22N6O2S/c1-21(29)10-27(11-21)17(28)4-2-3-16-26-18-19(23-12-24-20(18)30-16)25-15-6-5-13-8-22-9-14(13)7-15/h5-7,9,12,29H,2-4,8,10-11H2,1H3,(H,23,24,25). The zero-order chi connectivity index (χ0) is 20.7. The summed E-state index contributed by atoms with van der Waals surface area (Å²) in [5.41, 5.74) is 3.30. The molecule has 0 unspecified atom stereocenters. The van der Waals surface area contributed by atoms with Crippen molar-refractivity contribution in [2.45, 2.75) is 38.3 Å². The topological polar surface area (TPSA) is 104 Å². The van der Waals surface area contributed by atoms with E-state index in [2.05, 4.69) is 32.4 Å². The summed E-state index contributed by atoms with van der Waals surface area (Å²) >= 11 is 1.53. The number of hydrogen-bond donors (Lipinski definition) is 2. The van der Waals surface area contributed by atoms with Gasteiger partial charge in [-0.05, 0) is 43.0 Å². The number of carbonyl (C=O) groups is 1. The lowest BCUT2D eigenvalue weighted by Crippen LogP contribution is -2.61. The number of aliphatic hydroxyl groups is 1. The summed E-state index contributed by atoms with van der Waals surface area (Å²) in [6, 6.07) is 6.16. The molecule has 2 aromatic heterocycles. The van der Waals surface area contributed by atoms with Gasteiger partial charge in [-0.1, -0.05) is 17.4 Å². The second-order valence-electron chi connectivity index (χ2n) is 8.09. The molecule has 0 atom stereocenters. The van der Waals surface area contributed by atoms with Gasteiger partial charge in [0.25, 0.3) is 0 Å². The molecule has 2 aliphatic heterocycles. The number of β-amino-alcohol motifs (C(OH)–C–C–N with tert-alkyl or cyclic N) is 1. The van der Waals surface area contributed by atoms with Crippen molar-refractivity contribution in [2.24, 2.45) is 4.99 Å². The lowest BCUT2D eigenvalue weighted by Gasteiger charge is -2.44. The molecule has 0 aliphatic carbocycles. The van der Waals surface area contributed by atoms with Crippen LogP contribution in [0.2, 0.25) is 0 Å². The quantitative estimate of drug-likeness (QED) is 0.633. The van der Waals surface area contributed by atoms with Crippen LogP contribution in [-0.2, 0) is 17.8 Å². The molecular weight excluding hydrogens is 400 g/mol. The Hall–Kier alpha value is -2.91. The normalized spacial score (nSPS) is 16.5. The van der Waals surface area contributed by atoms with Gasteiger partial charge in [-0.3, -0.25) is 9.79 Å². The molecule has 0 spiro atoms. The first-order valence-corrected chi connectivity index (χ1v) is 10.8. The van der Waals surface area contributed by atoms with Crippen LogP contribution in [0.25, 0.3) is 10.3 Å². The van der Waals surface area contributed by atoms with E-state index in [9.17, 15) is 9.90 Å². The SMILES string of the molecule is CC1(O)CN(C(=O)CCCc2nc3c(Nc4ccc5c(c4)C=NC5)ncnc3s2)C1. The highest BCUT2D eigenvalue weighted by Gasteiger charge is 2.38. The Morgan fingerprint density at radius 1 is 1.33 bits per heavy atom. The Morgan fingerprint density at radius 3 is 3.03 bits per heavy atom. The van der Waals surface area contributed by atoms with Crippen molar-refractivity contribution < 1.29 is 9.90 Å². The highest BCUT2D eigenvalue weighted by atomic mass is 32.1. The van der Waals surface area contributed by atoms with Gasteiger partial charge in [0, 0.05) is 18.3 Å². The average molecular weight is 423 g/mol. The van der Waals surface area contributed by atoms with Crippen molar-refractivity contribution in [1.82, 2.24) is 19.9 Å².